The summed E-state index contributed by atoms with van der Waals surface area (Å²) in [7, 11) is -2.89. The van der Waals surface area contributed by atoms with E-state index in [-0.39, 0.29) is 24.0 Å². The molecule has 0 unspecified atom stereocenters. The predicted octanol–water partition coefficient (Wildman–Crippen LogP) is 5.12. The van der Waals surface area contributed by atoms with Crippen LogP contribution in [0.1, 0.15) is 24.0 Å². The van der Waals surface area contributed by atoms with Crippen LogP contribution in [0.15, 0.2) is 66.7 Å². The van der Waals surface area contributed by atoms with Gasteiger partial charge in [-0.15, -0.1) is 0 Å². The van der Waals surface area contributed by atoms with Crippen molar-refractivity contribution < 1.29 is 37.3 Å². The van der Waals surface area contributed by atoms with Gasteiger partial charge in [-0.1, -0.05) is 41.9 Å². The van der Waals surface area contributed by atoms with Crippen molar-refractivity contribution >= 4 is 27.4 Å². The molecule has 40 heavy (non-hydrogen) atoms. The van der Waals surface area contributed by atoms with E-state index in [2.05, 4.69) is 0 Å². The van der Waals surface area contributed by atoms with Gasteiger partial charge in [0, 0.05) is 5.56 Å². The molecule has 2 aliphatic rings. The van der Waals surface area contributed by atoms with Gasteiger partial charge in [0.15, 0.2) is 0 Å². The molecule has 2 heterocycles. The Morgan fingerprint density at radius 1 is 0.975 bits per heavy atom. The monoisotopic (exact) mass is 586 g/mol. The molecule has 5 rings (SSSR count). The standard InChI is InChI=1S/C30H31ClO8S/c31-28-15-26(38-16-21-10-12-40(34,35)13-11-21)8-9-27(28)23-3-1-2-22(14-23)17-37-25-6-4-24(5-7-25)30(19-36-20-30)39-18-29(32)33/h1-9,14-15,21H,10-13,16-20H2,(H,32,33). The number of carboxylic acids is 1. The Balaban J connectivity index is 1.17. The number of benzene rings is 3. The summed E-state index contributed by atoms with van der Waals surface area (Å²) in [5.41, 5.74) is 2.91. The SMILES string of the molecule is O=C(O)COC1(c2ccc(OCc3cccc(-c4ccc(OCC5CCS(=O)(=O)CC5)cc4Cl)c3)cc2)COC1. The van der Waals surface area contributed by atoms with Crippen LogP contribution < -0.4 is 9.47 Å². The highest BCUT2D eigenvalue weighted by molar-refractivity contribution is 7.91. The maximum atomic E-state index is 11.6. The number of carboxylic acid groups (broad SMARTS) is 1. The maximum Gasteiger partial charge on any atom is 0.329 e. The van der Waals surface area contributed by atoms with Gasteiger partial charge in [-0.25, -0.2) is 13.2 Å². The van der Waals surface area contributed by atoms with Gasteiger partial charge in [-0.2, -0.15) is 0 Å². The van der Waals surface area contributed by atoms with Gasteiger partial charge in [0.25, 0.3) is 0 Å². The van der Waals surface area contributed by atoms with E-state index in [0.29, 0.717) is 55.8 Å². The van der Waals surface area contributed by atoms with Crippen LogP contribution in [-0.4, -0.2) is 57.4 Å². The molecule has 2 aliphatic heterocycles. The van der Waals surface area contributed by atoms with E-state index < -0.39 is 21.4 Å². The molecule has 0 aromatic heterocycles. The summed E-state index contributed by atoms with van der Waals surface area (Å²) in [4.78, 5) is 10.9. The molecule has 2 fully saturated rings. The van der Waals surface area contributed by atoms with Crippen molar-refractivity contribution in [3.63, 3.8) is 0 Å². The third-order valence-corrected chi connectivity index (χ3v) is 9.29. The van der Waals surface area contributed by atoms with Crippen LogP contribution >= 0.6 is 11.6 Å². The Morgan fingerprint density at radius 2 is 1.70 bits per heavy atom. The Bertz CT molecular complexity index is 1440. The van der Waals surface area contributed by atoms with Crippen molar-refractivity contribution in [2.24, 2.45) is 5.92 Å². The van der Waals surface area contributed by atoms with E-state index in [1.165, 1.54) is 0 Å². The summed E-state index contributed by atoms with van der Waals surface area (Å²) in [5.74, 6) is 1.01. The fourth-order valence-corrected chi connectivity index (χ4v) is 6.68. The van der Waals surface area contributed by atoms with Crippen LogP contribution in [-0.2, 0) is 36.3 Å². The molecule has 212 valence electrons. The molecule has 0 radical (unpaired) electrons. The molecule has 3 aromatic rings. The Kier molecular flexibility index (Phi) is 8.65. The molecule has 10 heteroatoms. The first kappa shape index (κ1) is 28.4. The van der Waals surface area contributed by atoms with E-state index >= 15 is 0 Å². The average Bonchev–Trinajstić information content (AvgIpc) is 2.91. The van der Waals surface area contributed by atoms with E-state index in [1.54, 1.807) is 6.07 Å². The average molecular weight is 587 g/mol. The van der Waals surface area contributed by atoms with Crippen molar-refractivity contribution in [2.75, 3.05) is 37.9 Å². The zero-order valence-corrected chi connectivity index (χ0v) is 23.5. The fourth-order valence-electron chi connectivity index (χ4n) is 4.81. The number of halogens is 1. The van der Waals surface area contributed by atoms with Crippen molar-refractivity contribution in [1.82, 2.24) is 0 Å². The van der Waals surface area contributed by atoms with Crippen LogP contribution in [0, 0.1) is 5.92 Å². The second-order valence-electron chi connectivity index (χ2n) is 10.2. The molecule has 1 N–H and O–H groups in total. The highest BCUT2D eigenvalue weighted by Crippen LogP contribution is 2.35. The van der Waals surface area contributed by atoms with Crippen molar-refractivity contribution in [3.05, 3.63) is 82.9 Å². The highest BCUT2D eigenvalue weighted by Gasteiger charge is 2.42. The van der Waals surface area contributed by atoms with Crippen LogP contribution in [0.4, 0.5) is 0 Å². The molecular weight excluding hydrogens is 556 g/mol. The minimum Gasteiger partial charge on any atom is -0.493 e. The number of aliphatic carboxylic acids is 1. The molecule has 0 bridgehead atoms. The Labute approximate surface area is 238 Å². The van der Waals surface area contributed by atoms with Crippen molar-refractivity contribution in [1.29, 1.82) is 0 Å². The lowest BCUT2D eigenvalue weighted by Crippen LogP contribution is -2.49. The Morgan fingerprint density at radius 3 is 2.35 bits per heavy atom. The number of hydrogen-bond acceptors (Lipinski definition) is 7. The minimum atomic E-state index is -2.89. The van der Waals surface area contributed by atoms with Gasteiger partial charge in [0.1, 0.15) is 40.2 Å². The van der Waals surface area contributed by atoms with Gasteiger partial charge >= 0.3 is 5.97 Å². The summed E-state index contributed by atoms with van der Waals surface area (Å²) >= 11 is 6.61. The first-order valence-electron chi connectivity index (χ1n) is 13.1. The molecule has 2 saturated heterocycles. The fraction of sp³-hybridized carbons (Fsp3) is 0.367. The Hall–Kier alpha value is -3.11. The predicted molar refractivity (Wildman–Crippen MR) is 151 cm³/mol. The van der Waals surface area contributed by atoms with Crippen LogP contribution in [0.25, 0.3) is 11.1 Å². The summed E-state index contributed by atoms with van der Waals surface area (Å²) < 4.78 is 46.1. The number of ether oxygens (including phenoxy) is 4. The van der Waals surface area contributed by atoms with E-state index in [4.69, 9.17) is 35.7 Å². The minimum absolute atomic E-state index is 0.228. The second-order valence-corrected chi connectivity index (χ2v) is 12.9. The van der Waals surface area contributed by atoms with E-state index in [9.17, 15) is 13.2 Å². The van der Waals surface area contributed by atoms with Crippen LogP contribution in [0.3, 0.4) is 0 Å². The topological polar surface area (TPSA) is 108 Å². The summed E-state index contributed by atoms with van der Waals surface area (Å²) in [6.07, 6.45) is 1.26. The zero-order chi connectivity index (χ0) is 28.2. The van der Waals surface area contributed by atoms with Gasteiger partial charge in [0.2, 0.25) is 0 Å². The van der Waals surface area contributed by atoms with Gasteiger partial charge in [0.05, 0.1) is 36.3 Å². The summed E-state index contributed by atoms with van der Waals surface area (Å²) in [6.45, 7) is 1.08. The maximum absolute atomic E-state index is 11.6. The third-order valence-electron chi connectivity index (χ3n) is 7.27. The molecule has 8 nitrogen and oxygen atoms in total. The molecule has 3 aromatic carbocycles. The second kappa shape index (κ2) is 12.2. The quantitative estimate of drug-likeness (QED) is 0.330. The molecule has 0 aliphatic carbocycles. The van der Waals surface area contributed by atoms with Crippen LogP contribution in [0.5, 0.6) is 11.5 Å². The summed E-state index contributed by atoms with van der Waals surface area (Å²) in [5, 5.41) is 9.52. The smallest absolute Gasteiger partial charge is 0.329 e. The molecule has 0 atom stereocenters. The van der Waals surface area contributed by atoms with E-state index in [0.717, 1.165) is 22.3 Å². The lowest BCUT2D eigenvalue weighted by molar-refractivity contribution is -0.220. The molecule has 0 amide bonds. The van der Waals surface area contributed by atoms with Crippen molar-refractivity contribution in [3.8, 4) is 22.6 Å². The zero-order valence-electron chi connectivity index (χ0n) is 21.9. The molecular formula is C30H31ClO8S. The van der Waals surface area contributed by atoms with Crippen molar-refractivity contribution in [2.45, 2.75) is 25.0 Å². The number of carbonyl (C=O) groups is 1. The molecule has 0 spiro atoms. The van der Waals surface area contributed by atoms with Gasteiger partial charge in [-0.05, 0) is 71.8 Å². The number of hydrogen-bond donors (Lipinski definition) is 1. The highest BCUT2D eigenvalue weighted by atomic mass is 35.5. The van der Waals surface area contributed by atoms with Crippen LogP contribution in [0.2, 0.25) is 5.02 Å². The van der Waals surface area contributed by atoms with Gasteiger partial charge < -0.3 is 24.1 Å². The number of rotatable bonds is 11. The lowest BCUT2D eigenvalue weighted by atomic mass is 9.91. The largest absolute Gasteiger partial charge is 0.493 e. The summed E-state index contributed by atoms with van der Waals surface area (Å²) in [6, 6.07) is 21.0. The number of sulfone groups is 1. The molecule has 0 saturated carbocycles. The first-order valence-corrected chi connectivity index (χ1v) is 15.3. The third kappa shape index (κ3) is 6.96. The first-order chi connectivity index (χ1) is 19.2. The van der Waals surface area contributed by atoms with E-state index in [1.807, 2.05) is 60.7 Å². The normalized spacial score (nSPS) is 18.0. The lowest BCUT2D eigenvalue weighted by Gasteiger charge is -2.41. The van der Waals surface area contributed by atoms with Gasteiger partial charge in [-0.3, -0.25) is 0 Å².